The summed E-state index contributed by atoms with van der Waals surface area (Å²) in [4.78, 5) is 0. The fraction of sp³-hybridized carbons (Fsp3) is 0.0833. The average Bonchev–Trinajstić information content (AvgIpc) is 2.76. The molecule has 1 aromatic carbocycles. The maximum absolute atomic E-state index is 5.19. The zero-order valence-electron chi connectivity index (χ0n) is 8.34. The molecule has 0 saturated heterocycles. The monoisotopic (exact) mass is 198 g/mol. The predicted octanol–water partition coefficient (Wildman–Crippen LogP) is 2.50. The van der Waals surface area contributed by atoms with Gasteiger partial charge in [-0.2, -0.15) is 5.10 Å². The van der Waals surface area contributed by atoms with Crippen LogP contribution in [0.25, 0.3) is 16.3 Å². The van der Waals surface area contributed by atoms with Crippen LogP contribution in [0.3, 0.4) is 0 Å². The molecule has 0 spiro atoms. The van der Waals surface area contributed by atoms with Crippen LogP contribution < -0.4 is 4.74 Å². The van der Waals surface area contributed by atoms with Gasteiger partial charge in [0.25, 0.3) is 0 Å². The third kappa shape index (κ3) is 1.16. The van der Waals surface area contributed by atoms with Crippen molar-refractivity contribution in [1.29, 1.82) is 0 Å². The van der Waals surface area contributed by atoms with Crippen molar-refractivity contribution in [2.75, 3.05) is 7.11 Å². The molecule has 0 unspecified atom stereocenters. The van der Waals surface area contributed by atoms with Gasteiger partial charge in [0.15, 0.2) is 0 Å². The Morgan fingerprint density at radius 2 is 2.13 bits per heavy atom. The van der Waals surface area contributed by atoms with Gasteiger partial charge in [0.2, 0.25) is 0 Å². The van der Waals surface area contributed by atoms with E-state index in [4.69, 9.17) is 4.74 Å². The summed E-state index contributed by atoms with van der Waals surface area (Å²) in [5.41, 5.74) is 1.12. The van der Waals surface area contributed by atoms with Crippen LogP contribution in [0.1, 0.15) is 0 Å². The smallest absolute Gasteiger partial charge is 0.119 e. The predicted molar refractivity (Wildman–Crippen MR) is 59.3 cm³/mol. The number of hydrogen-bond acceptors (Lipinski definition) is 2. The molecule has 0 atom stereocenters. The number of fused-ring (bicyclic) bond motifs is 3. The third-order valence-electron chi connectivity index (χ3n) is 2.60. The van der Waals surface area contributed by atoms with E-state index in [0.717, 1.165) is 11.3 Å². The topological polar surface area (TPSA) is 26.5 Å². The molecular formula is C12H10N2O. The lowest BCUT2D eigenvalue weighted by molar-refractivity contribution is 0.415. The number of benzene rings is 1. The zero-order valence-corrected chi connectivity index (χ0v) is 8.34. The number of ether oxygens (including phenoxy) is 1. The second-order valence-electron chi connectivity index (χ2n) is 3.43. The summed E-state index contributed by atoms with van der Waals surface area (Å²) >= 11 is 0. The van der Waals surface area contributed by atoms with Crippen LogP contribution >= 0.6 is 0 Å². The van der Waals surface area contributed by atoms with Crippen LogP contribution in [-0.4, -0.2) is 16.7 Å². The molecule has 0 amide bonds. The number of nitrogens with zero attached hydrogens (tertiary/aromatic N) is 2. The summed E-state index contributed by atoms with van der Waals surface area (Å²) in [7, 11) is 1.68. The summed E-state index contributed by atoms with van der Waals surface area (Å²) in [6, 6.07) is 10.1. The first-order valence-corrected chi connectivity index (χ1v) is 4.78. The van der Waals surface area contributed by atoms with E-state index in [1.165, 1.54) is 10.8 Å². The fourth-order valence-electron chi connectivity index (χ4n) is 1.84. The van der Waals surface area contributed by atoms with E-state index in [2.05, 4.69) is 11.2 Å². The first kappa shape index (κ1) is 8.29. The lowest BCUT2D eigenvalue weighted by Crippen LogP contribution is -1.87. The molecule has 3 heteroatoms. The van der Waals surface area contributed by atoms with Gasteiger partial charge in [-0.25, -0.2) is 4.52 Å². The van der Waals surface area contributed by atoms with Crippen molar-refractivity contribution in [2.45, 2.75) is 0 Å². The maximum atomic E-state index is 5.19. The molecule has 3 aromatic rings. The molecule has 0 radical (unpaired) electrons. The summed E-state index contributed by atoms with van der Waals surface area (Å²) < 4.78 is 7.06. The maximum Gasteiger partial charge on any atom is 0.119 e. The Labute approximate surface area is 86.9 Å². The molecule has 0 N–H and O–H groups in total. The van der Waals surface area contributed by atoms with Crippen LogP contribution in [0.15, 0.2) is 42.7 Å². The van der Waals surface area contributed by atoms with Crippen molar-refractivity contribution in [3.63, 3.8) is 0 Å². The number of methoxy groups -OCH3 is 1. The molecule has 0 saturated carbocycles. The number of aromatic nitrogens is 2. The van der Waals surface area contributed by atoms with Crippen molar-refractivity contribution in [3.05, 3.63) is 42.7 Å². The number of pyridine rings is 1. The third-order valence-corrected chi connectivity index (χ3v) is 2.60. The first-order valence-electron chi connectivity index (χ1n) is 4.78. The molecule has 2 heterocycles. The standard InChI is InChI=1S/C12H10N2O/c1-15-10-2-3-11-9(8-10)5-7-14-12(11)4-6-13-14/h2-8H,1H3. The highest BCUT2D eigenvalue weighted by Gasteiger charge is 2.01. The van der Waals surface area contributed by atoms with Crippen LogP contribution in [-0.2, 0) is 0 Å². The molecule has 74 valence electrons. The van der Waals surface area contributed by atoms with E-state index in [1.54, 1.807) is 13.3 Å². The SMILES string of the molecule is COc1ccc2c(ccn3nccc23)c1. The molecule has 0 aliphatic carbocycles. The first-order chi connectivity index (χ1) is 7.38. The molecule has 0 bridgehead atoms. The second kappa shape index (κ2) is 2.98. The van der Waals surface area contributed by atoms with Crippen molar-refractivity contribution < 1.29 is 4.74 Å². The summed E-state index contributed by atoms with van der Waals surface area (Å²) in [6.45, 7) is 0. The van der Waals surface area contributed by atoms with Crippen molar-refractivity contribution in [2.24, 2.45) is 0 Å². The zero-order chi connectivity index (χ0) is 10.3. The van der Waals surface area contributed by atoms with Gasteiger partial charge in [-0.3, -0.25) is 0 Å². The Balaban J connectivity index is 2.44. The minimum absolute atomic E-state index is 0.881. The van der Waals surface area contributed by atoms with Gasteiger partial charge in [-0.15, -0.1) is 0 Å². The molecule has 0 fully saturated rings. The highest BCUT2D eigenvalue weighted by molar-refractivity contribution is 5.96. The Morgan fingerprint density at radius 3 is 3.00 bits per heavy atom. The van der Waals surface area contributed by atoms with E-state index >= 15 is 0 Å². The van der Waals surface area contributed by atoms with Gasteiger partial charge in [-0.1, -0.05) is 0 Å². The van der Waals surface area contributed by atoms with E-state index < -0.39 is 0 Å². The Kier molecular flexibility index (Phi) is 1.65. The highest BCUT2D eigenvalue weighted by atomic mass is 16.5. The van der Waals surface area contributed by atoms with Crippen molar-refractivity contribution >= 4 is 16.3 Å². The lowest BCUT2D eigenvalue weighted by Gasteiger charge is -2.03. The normalized spacial score (nSPS) is 11.0. The van der Waals surface area contributed by atoms with Crippen LogP contribution in [0.2, 0.25) is 0 Å². The van der Waals surface area contributed by atoms with Gasteiger partial charge >= 0.3 is 0 Å². The molecule has 15 heavy (non-hydrogen) atoms. The largest absolute Gasteiger partial charge is 0.497 e. The average molecular weight is 198 g/mol. The second-order valence-corrected chi connectivity index (χ2v) is 3.43. The van der Waals surface area contributed by atoms with Crippen molar-refractivity contribution in [1.82, 2.24) is 9.61 Å². The Hall–Kier alpha value is -2.03. The van der Waals surface area contributed by atoms with Gasteiger partial charge < -0.3 is 4.74 Å². The van der Waals surface area contributed by atoms with Crippen molar-refractivity contribution in [3.8, 4) is 5.75 Å². The Bertz CT molecular complexity index is 628. The minimum atomic E-state index is 0.881. The summed E-state index contributed by atoms with van der Waals surface area (Å²) in [5, 5.41) is 6.56. The van der Waals surface area contributed by atoms with Crippen LogP contribution in [0, 0.1) is 0 Å². The molecule has 2 aromatic heterocycles. The molecular weight excluding hydrogens is 188 g/mol. The van der Waals surface area contributed by atoms with E-state index in [0.29, 0.717) is 0 Å². The van der Waals surface area contributed by atoms with Crippen LogP contribution in [0.4, 0.5) is 0 Å². The van der Waals surface area contributed by atoms with Gasteiger partial charge in [-0.05, 0) is 35.7 Å². The van der Waals surface area contributed by atoms with Gasteiger partial charge in [0.05, 0.1) is 12.6 Å². The van der Waals surface area contributed by atoms with E-state index in [-0.39, 0.29) is 0 Å². The lowest BCUT2D eigenvalue weighted by atomic mass is 10.1. The quantitative estimate of drug-likeness (QED) is 0.600. The highest BCUT2D eigenvalue weighted by Crippen LogP contribution is 2.23. The number of rotatable bonds is 1. The molecule has 3 rings (SSSR count). The van der Waals surface area contributed by atoms with E-state index in [1.807, 2.05) is 35.0 Å². The molecule has 0 aliphatic rings. The minimum Gasteiger partial charge on any atom is -0.497 e. The summed E-state index contributed by atoms with van der Waals surface area (Å²) in [6.07, 6.45) is 3.76. The summed E-state index contributed by atoms with van der Waals surface area (Å²) in [5.74, 6) is 0.881. The van der Waals surface area contributed by atoms with Gasteiger partial charge in [0, 0.05) is 17.8 Å². The molecule has 0 aliphatic heterocycles. The van der Waals surface area contributed by atoms with Gasteiger partial charge in [0.1, 0.15) is 5.75 Å². The number of hydrogen-bond donors (Lipinski definition) is 0. The fourth-order valence-corrected chi connectivity index (χ4v) is 1.84. The molecule has 3 nitrogen and oxygen atoms in total. The Morgan fingerprint density at radius 1 is 1.20 bits per heavy atom. The van der Waals surface area contributed by atoms with E-state index in [9.17, 15) is 0 Å². The van der Waals surface area contributed by atoms with Crippen LogP contribution in [0.5, 0.6) is 5.75 Å².